The molecule has 0 spiro atoms. The van der Waals surface area contributed by atoms with Crippen LogP contribution in [0.25, 0.3) is 0 Å². The molecule has 0 bridgehead atoms. The van der Waals surface area contributed by atoms with Crippen molar-refractivity contribution in [2.45, 2.75) is 91.6 Å². The van der Waals surface area contributed by atoms with E-state index in [9.17, 15) is 4.79 Å². The first-order valence-corrected chi connectivity index (χ1v) is 10.8. The van der Waals surface area contributed by atoms with Crippen LogP contribution in [0.1, 0.15) is 85.3 Å². The van der Waals surface area contributed by atoms with E-state index in [-0.39, 0.29) is 12.7 Å². The Morgan fingerprint density at radius 3 is 2.50 bits per heavy atom. The Bertz CT molecular complexity index is 771. The summed E-state index contributed by atoms with van der Waals surface area (Å²) in [5.74, 6) is 0.0329. The number of benzene rings is 1. The zero-order valence-electron chi connectivity index (χ0n) is 18.6. The second-order valence-corrected chi connectivity index (χ2v) is 8.56. The maximum absolute atomic E-state index is 12.8. The Balaban J connectivity index is 0.00000136. The summed E-state index contributed by atoms with van der Waals surface area (Å²) in [6.45, 7) is 12.9. The van der Waals surface area contributed by atoms with Crippen molar-refractivity contribution in [1.82, 2.24) is 4.68 Å². The van der Waals surface area contributed by atoms with Gasteiger partial charge in [0, 0.05) is 13.2 Å². The van der Waals surface area contributed by atoms with Crippen LogP contribution in [0.5, 0.6) is 0 Å². The van der Waals surface area contributed by atoms with Crippen LogP contribution >= 0.6 is 0 Å². The molecule has 2 aromatic rings. The molecule has 1 aliphatic carbocycles. The van der Waals surface area contributed by atoms with E-state index in [1.165, 1.54) is 37.7 Å². The van der Waals surface area contributed by atoms with Gasteiger partial charge in [-0.1, -0.05) is 72.1 Å². The first-order chi connectivity index (χ1) is 13.4. The normalized spacial score (nSPS) is 14.9. The molecule has 0 radical (unpaired) electrons. The van der Waals surface area contributed by atoms with Crippen LogP contribution in [0.15, 0.2) is 36.7 Å². The van der Waals surface area contributed by atoms with Gasteiger partial charge in [0.1, 0.15) is 0 Å². The van der Waals surface area contributed by atoms with Crippen LogP contribution in [0, 0.1) is 6.92 Å². The molecule has 1 aromatic heterocycles. The largest absolute Gasteiger partial charge is 0.320 e. The minimum atomic E-state index is -0.00983. The highest BCUT2D eigenvalue weighted by molar-refractivity contribution is 5.91. The summed E-state index contributed by atoms with van der Waals surface area (Å²) < 4.78 is 4.31. The molecular weight excluding hydrogens is 346 g/mol. The number of carbonyl (C=O) groups excluding carboxylic acids is 1. The lowest BCUT2D eigenvalue weighted by Gasteiger charge is -2.24. The van der Waals surface area contributed by atoms with Gasteiger partial charge in [0.2, 0.25) is 6.54 Å². The standard InChI is InChI=1S/C22H31N3O.C2H6.H2/c1-17-10-8-13-19(22(2,3)4)21(17)23-20(26)16-24-14-9-15-25(24)18-11-6-5-7-12-18;1-2;/h8-10,13-15,18H,5-7,11-12,16H2,1-4H3;1-2H3;1H/p+1. The predicted molar refractivity (Wildman–Crippen MR) is 119 cm³/mol. The number of hydrogen-bond acceptors (Lipinski definition) is 1. The SMILES string of the molecule is CC.Cc1cccc(C(C)(C)C)c1NC(=O)C[n+]1cccn1C1CCCCC1.[HH]. The molecule has 1 fully saturated rings. The summed E-state index contributed by atoms with van der Waals surface area (Å²) in [4.78, 5) is 12.8. The quantitative estimate of drug-likeness (QED) is 0.663. The molecule has 1 amide bonds. The van der Waals surface area contributed by atoms with Crippen molar-refractivity contribution in [2.75, 3.05) is 5.32 Å². The fraction of sp³-hybridized carbons (Fsp3) is 0.583. The Kier molecular flexibility index (Phi) is 7.85. The molecule has 1 aromatic carbocycles. The van der Waals surface area contributed by atoms with Crippen LogP contribution in [0.2, 0.25) is 0 Å². The third-order valence-corrected chi connectivity index (χ3v) is 5.39. The van der Waals surface area contributed by atoms with Gasteiger partial charge in [-0.3, -0.25) is 4.79 Å². The third-order valence-electron chi connectivity index (χ3n) is 5.39. The van der Waals surface area contributed by atoms with Crippen molar-refractivity contribution in [3.63, 3.8) is 0 Å². The Labute approximate surface area is 172 Å². The van der Waals surface area contributed by atoms with E-state index < -0.39 is 0 Å². The van der Waals surface area contributed by atoms with Crippen molar-refractivity contribution in [1.29, 1.82) is 0 Å². The number of para-hydroxylation sites is 1. The van der Waals surface area contributed by atoms with Gasteiger partial charge >= 0.3 is 0 Å². The molecule has 28 heavy (non-hydrogen) atoms. The van der Waals surface area contributed by atoms with E-state index in [0.717, 1.165) is 11.3 Å². The summed E-state index contributed by atoms with van der Waals surface area (Å²) in [5.41, 5.74) is 3.24. The monoisotopic (exact) mass is 386 g/mol. The molecule has 1 saturated carbocycles. The fourth-order valence-electron chi connectivity index (χ4n) is 3.98. The number of anilines is 1. The molecule has 1 aliphatic rings. The van der Waals surface area contributed by atoms with Crippen LogP contribution in [-0.2, 0) is 16.8 Å². The molecule has 0 saturated heterocycles. The highest BCUT2D eigenvalue weighted by atomic mass is 16.2. The molecule has 3 rings (SSSR count). The van der Waals surface area contributed by atoms with Crippen molar-refractivity contribution < 1.29 is 10.9 Å². The number of aryl methyl sites for hydroxylation is 1. The topological polar surface area (TPSA) is 37.9 Å². The second kappa shape index (κ2) is 9.90. The van der Waals surface area contributed by atoms with Gasteiger partial charge in [0.05, 0.1) is 12.2 Å². The lowest BCUT2D eigenvalue weighted by molar-refractivity contribution is -0.767. The number of aromatic nitrogens is 2. The molecular formula is C24H40N3O+. The first kappa shape index (κ1) is 22.2. The molecule has 0 unspecified atom stereocenters. The van der Waals surface area contributed by atoms with Crippen molar-refractivity contribution in [3.05, 3.63) is 47.8 Å². The smallest absolute Gasteiger partial charge is 0.292 e. The molecule has 4 nitrogen and oxygen atoms in total. The lowest BCUT2D eigenvalue weighted by atomic mass is 9.84. The molecule has 1 N–H and O–H groups in total. The van der Waals surface area contributed by atoms with Crippen molar-refractivity contribution >= 4 is 11.6 Å². The lowest BCUT2D eigenvalue weighted by Crippen LogP contribution is -2.48. The Morgan fingerprint density at radius 2 is 1.86 bits per heavy atom. The van der Waals surface area contributed by atoms with Gasteiger partial charge in [-0.25, -0.2) is 0 Å². The van der Waals surface area contributed by atoms with E-state index >= 15 is 0 Å². The molecule has 0 aliphatic heterocycles. The van der Waals surface area contributed by atoms with Crippen molar-refractivity contribution in [2.24, 2.45) is 0 Å². The Hall–Kier alpha value is -2.10. The third kappa shape index (κ3) is 5.46. The summed E-state index contributed by atoms with van der Waals surface area (Å²) in [7, 11) is 0. The summed E-state index contributed by atoms with van der Waals surface area (Å²) >= 11 is 0. The van der Waals surface area contributed by atoms with E-state index in [4.69, 9.17) is 0 Å². The number of rotatable bonds is 4. The number of carbonyl (C=O) groups is 1. The first-order valence-electron chi connectivity index (χ1n) is 10.8. The highest BCUT2D eigenvalue weighted by Crippen LogP contribution is 2.32. The van der Waals surface area contributed by atoms with Gasteiger partial charge in [0.15, 0.2) is 6.20 Å². The van der Waals surface area contributed by atoms with Gasteiger partial charge < -0.3 is 5.32 Å². The maximum atomic E-state index is 12.8. The Morgan fingerprint density at radius 1 is 1.18 bits per heavy atom. The van der Waals surface area contributed by atoms with Gasteiger partial charge in [-0.15, -0.1) is 4.68 Å². The van der Waals surface area contributed by atoms with Crippen molar-refractivity contribution in [3.8, 4) is 0 Å². The highest BCUT2D eigenvalue weighted by Gasteiger charge is 2.25. The number of nitrogens with zero attached hydrogens (tertiary/aromatic N) is 2. The zero-order chi connectivity index (χ0) is 20.7. The van der Waals surface area contributed by atoms with E-state index in [0.29, 0.717) is 12.6 Å². The minimum Gasteiger partial charge on any atom is -0.320 e. The van der Waals surface area contributed by atoms with Crippen LogP contribution in [0.4, 0.5) is 5.69 Å². The summed E-state index contributed by atoms with van der Waals surface area (Å²) in [6.07, 6.45) is 10.4. The predicted octanol–water partition coefficient (Wildman–Crippen LogP) is 5.80. The second-order valence-electron chi connectivity index (χ2n) is 8.56. The van der Waals surface area contributed by atoms with Gasteiger partial charge in [-0.2, -0.15) is 4.68 Å². The van der Waals surface area contributed by atoms with E-state index in [1.54, 1.807) is 0 Å². The molecule has 1 heterocycles. The average molecular weight is 387 g/mol. The average Bonchev–Trinajstić information content (AvgIpc) is 3.13. The fourth-order valence-corrected chi connectivity index (χ4v) is 3.98. The van der Waals surface area contributed by atoms with Crippen LogP contribution in [-0.4, -0.2) is 10.6 Å². The van der Waals surface area contributed by atoms with E-state index in [2.05, 4.69) is 66.8 Å². The zero-order valence-corrected chi connectivity index (χ0v) is 18.6. The number of hydrogen-bond donors (Lipinski definition) is 1. The molecule has 4 heteroatoms. The minimum absolute atomic E-state index is 0. The summed E-state index contributed by atoms with van der Waals surface area (Å²) in [6, 6.07) is 8.80. The van der Waals surface area contributed by atoms with Crippen LogP contribution < -0.4 is 10.00 Å². The van der Waals surface area contributed by atoms with Gasteiger partial charge in [0.25, 0.3) is 5.91 Å². The van der Waals surface area contributed by atoms with E-state index in [1.807, 2.05) is 26.1 Å². The number of amides is 1. The maximum Gasteiger partial charge on any atom is 0.292 e. The van der Waals surface area contributed by atoms with Gasteiger partial charge in [-0.05, 0) is 36.3 Å². The van der Waals surface area contributed by atoms with Crippen LogP contribution in [0.3, 0.4) is 0 Å². The molecule has 0 atom stereocenters. The molecule has 156 valence electrons. The summed E-state index contributed by atoms with van der Waals surface area (Å²) in [5, 5.41) is 3.18. The number of nitrogens with one attached hydrogen (secondary N) is 1.